The van der Waals surface area contributed by atoms with E-state index >= 15 is 0 Å². The predicted molar refractivity (Wildman–Crippen MR) is 85.6 cm³/mol. The Kier molecular flexibility index (Phi) is 5.70. The van der Waals surface area contributed by atoms with Crippen LogP contribution in [0.4, 0.5) is 0 Å². The summed E-state index contributed by atoms with van der Waals surface area (Å²) in [5, 5.41) is 5.73. The summed E-state index contributed by atoms with van der Waals surface area (Å²) in [6, 6.07) is 0.0698. The minimum Gasteiger partial charge on any atom is -0.350 e. The third kappa shape index (κ3) is 6.25. The molecule has 0 aromatic rings. The standard InChI is InChI=1S/C17H24N2O2/c1-12(2)18-15(20)13-8-6-7-9-14(11-10-13)16(21)19-17(3,4)5/h6-12H,1-5H3,(H,18,20)(H,19,21)/b7-6-,8-6?,9-7?,11-10-,13-8+,13-10?,14-9+,14-11?. The molecule has 2 amide bonds. The molecule has 0 bridgehead atoms. The topological polar surface area (TPSA) is 58.2 Å². The van der Waals surface area contributed by atoms with Gasteiger partial charge in [-0.25, -0.2) is 0 Å². The second-order valence-electron chi connectivity index (χ2n) is 6.29. The molecule has 1 aliphatic rings. The van der Waals surface area contributed by atoms with E-state index in [1.165, 1.54) is 0 Å². The first kappa shape index (κ1) is 17.0. The second kappa shape index (κ2) is 7.07. The van der Waals surface area contributed by atoms with Crippen molar-refractivity contribution < 1.29 is 9.59 Å². The maximum atomic E-state index is 12.1. The third-order valence-electron chi connectivity index (χ3n) is 2.54. The highest BCUT2D eigenvalue weighted by Gasteiger charge is 2.16. The predicted octanol–water partition coefficient (Wildman–Crippen LogP) is 2.40. The van der Waals surface area contributed by atoms with E-state index in [1.54, 1.807) is 36.5 Å². The van der Waals surface area contributed by atoms with E-state index in [9.17, 15) is 9.59 Å². The van der Waals surface area contributed by atoms with Crippen molar-refractivity contribution in [3.8, 4) is 0 Å². The van der Waals surface area contributed by atoms with E-state index in [2.05, 4.69) is 10.6 Å². The minimum atomic E-state index is -0.300. The summed E-state index contributed by atoms with van der Waals surface area (Å²) in [7, 11) is 0. The molecule has 0 aromatic heterocycles. The van der Waals surface area contributed by atoms with Crippen LogP contribution in [0.2, 0.25) is 0 Å². The molecule has 2 N–H and O–H groups in total. The van der Waals surface area contributed by atoms with Crippen molar-refractivity contribution in [1.29, 1.82) is 0 Å². The molecule has 0 spiro atoms. The van der Waals surface area contributed by atoms with E-state index in [-0.39, 0.29) is 23.4 Å². The molecule has 0 atom stereocenters. The first-order chi connectivity index (χ1) is 9.69. The lowest BCUT2D eigenvalue weighted by Crippen LogP contribution is -2.41. The molecule has 0 saturated heterocycles. The van der Waals surface area contributed by atoms with Gasteiger partial charge in [-0.3, -0.25) is 9.59 Å². The lowest BCUT2D eigenvalue weighted by atomic mass is 10.1. The van der Waals surface area contributed by atoms with Crippen molar-refractivity contribution in [3.63, 3.8) is 0 Å². The molecule has 114 valence electrons. The average molecular weight is 288 g/mol. The van der Waals surface area contributed by atoms with Crippen LogP contribution < -0.4 is 10.6 Å². The molecule has 0 heterocycles. The van der Waals surface area contributed by atoms with E-state index < -0.39 is 0 Å². The van der Waals surface area contributed by atoms with E-state index in [1.807, 2.05) is 34.6 Å². The smallest absolute Gasteiger partial charge is 0.251 e. The fourth-order valence-electron chi connectivity index (χ4n) is 1.67. The summed E-state index contributed by atoms with van der Waals surface area (Å²) in [5.41, 5.74) is 0.740. The Morgan fingerprint density at radius 2 is 1.43 bits per heavy atom. The summed E-state index contributed by atoms with van der Waals surface area (Å²) in [4.78, 5) is 24.1. The maximum Gasteiger partial charge on any atom is 0.251 e. The van der Waals surface area contributed by atoms with Gasteiger partial charge in [0.2, 0.25) is 0 Å². The van der Waals surface area contributed by atoms with Crippen LogP contribution >= 0.6 is 0 Å². The number of carbonyl (C=O) groups is 2. The highest BCUT2D eigenvalue weighted by Crippen LogP contribution is 2.10. The summed E-state index contributed by atoms with van der Waals surface area (Å²) in [5.74, 6) is -0.308. The zero-order valence-corrected chi connectivity index (χ0v) is 13.4. The van der Waals surface area contributed by atoms with E-state index in [0.29, 0.717) is 11.1 Å². The fraction of sp³-hybridized carbons (Fsp3) is 0.412. The van der Waals surface area contributed by atoms with Crippen molar-refractivity contribution >= 4 is 11.8 Å². The van der Waals surface area contributed by atoms with Gasteiger partial charge >= 0.3 is 0 Å². The molecule has 4 heteroatoms. The number of hydrogen-bond acceptors (Lipinski definition) is 2. The van der Waals surface area contributed by atoms with Crippen molar-refractivity contribution in [2.75, 3.05) is 0 Å². The van der Waals surface area contributed by atoms with Gasteiger partial charge < -0.3 is 10.6 Å². The molecular weight excluding hydrogens is 264 g/mol. The van der Waals surface area contributed by atoms with Crippen LogP contribution in [0.3, 0.4) is 0 Å². The molecule has 0 saturated carbocycles. The second-order valence-corrected chi connectivity index (χ2v) is 6.29. The van der Waals surface area contributed by atoms with Crippen molar-refractivity contribution in [2.24, 2.45) is 0 Å². The largest absolute Gasteiger partial charge is 0.350 e. The number of nitrogens with one attached hydrogen (secondary N) is 2. The Hall–Kier alpha value is -2.10. The van der Waals surface area contributed by atoms with Gasteiger partial charge in [0.25, 0.3) is 11.8 Å². The number of amides is 2. The van der Waals surface area contributed by atoms with Crippen LogP contribution in [-0.2, 0) is 9.59 Å². The molecule has 1 rings (SSSR count). The zero-order chi connectivity index (χ0) is 16.0. The Morgan fingerprint density at radius 1 is 0.952 bits per heavy atom. The summed E-state index contributed by atoms with van der Waals surface area (Å²) >= 11 is 0. The van der Waals surface area contributed by atoms with Crippen LogP contribution in [0.1, 0.15) is 34.6 Å². The normalized spacial score (nSPS) is 23.0. The van der Waals surface area contributed by atoms with Gasteiger partial charge in [-0.2, -0.15) is 0 Å². The Bertz CT molecular complexity index is 529. The zero-order valence-electron chi connectivity index (χ0n) is 13.4. The molecule has 4 nitrogen and oxygen atoms in total. The van der Waals surface area contributed by atoms with Crippen LogP contribution in [0.25, 0.3) is 0 Å². The molecule has 0 aromatic carbocycles. The fourth-order valence-corrected chi connectivity index (χ4v) is 1.67. The summed E-state index contributed by atoms with van der Waals surface area (Å²) < 4.78 is 0. The number of hydrogen-bond donors (Lipinski definition) is 2. The quantitative estimate of drug-likeness (QED) is 0.838. The van der Waals surface area contributed by atoms with Gasteiger partial charge in [-0.15, -0.1) is 0 Å². The average Bonchev–Trinajstić information content (AvgIpc) is 2.24. The monoisotopic (exact) mass is 288 g/mol. The van der Waals surface area contributed by atoms with Crippen LogP contribution in [0, 0.1) is 0 Å². The molecule has 21 heavy (non-hydrogen) atoms. The Balaban J connectivity index is 2.86. The maximum absolute atomic E-state index is 12.1. The van der Waals surface area contributed by atoms with Crippen molar-refractivity contribution in [3.05, 3.63) is 47.6 Å². The lowest BCUT2D eigenvalue weighted by Gasteiger charge is -2.20. The first-order valence-electron chi connectivity index (χ1n) is 7.09. The summed E-state index contributed by atoms with van der Waals surface area (Å²) in [6.45, 7) is 9.59. The van der Waals surface area contributed by atoms with Gasteiger partial charge in [0.15, 0.2) is 0 Å². The highest BCUT2D eigenvalue weighted by atomic mass is 16.2. The number of allylic oxidation sites excluding steroid dienone is 4. The lowest BCUT2D eigenvalue weighted by molar-refractivity contribution is -0.119. The van der Waals surface area contributed by atoms with Crippen molar-refractivity contribution in [2.45, 2.75) is 46.2 Å². The molecule has 0 unspecified atom stereocenters. The van der Waals surface area contributed by atoms with Gasteiger partial charge in [0.05, 0.1) is 0 Å². The number of rotatable bonds is 3. The number of carbonyl (C=O) groups excluding carboxylic acids is 2. The minimum absolute atomic E-state index is 0.0698. The summed E-state index contributed by atoms with van der Waals surface area (Å²) in [6.07, 6.45) is 10.3. The molecule has 0 radical (unpaired) electrons. The third-order valence-corrected chi connectivity index (χ3v) is 2.54. The first-order valence-corrected chi connectivity index (χ1v) is 7.09. The van der Waals surface area contributed by atoms with Gasteiger partial charge in [0, 0.05) is 22.7 Å². The van der Waals surface area contributed by atoms with Crippen LogP contribution in [0.5, 0.6) is 0 Å². The van der Waals surface area contributed by atoms with Gasteiger partial charge in [-0.05, 0) is 58.9 Å². The molecule has 0 fully saturated rings. The van der Waals surface area contributed by atoms with Crippen LogP contribution in [0.15, 0.2) is 47.6 Å². The van der Waals surface area contributed by atoms with Crippen molar-refractivity contribution in [1.82, 2.24) is 10.6 Å². The highest BCUT2D eigenvalue weighted by molar-refractivity contribution is 6.00. The van der Waals surface area contributed by atoms with E-state index in [0.717, 1.165) is 0 Å². The van der Waals surface area contributed by atoms with Gasteiger partial charge in [0.1, 0.15) is 0 Å². The van der Waals surface area contributed by atoms with E-state index in [4.69, 9.17) is 0 Å². The Morgan fingerprint density at radius 3 is 1.86 bits per heavy atom. The van der Waals surface area contributed by atoms with Gasteiger partial charge in [-0.1, -0.05) is 12.2 Å². The SMILES string of the molecule is CC(C)NC(=O)C1=C/C=C\C=C(C(=O)NC(C)(C)C)/C=C\1. The Labute approximate surface area is 126 Å². The molecule has 0 aliphatic heterocycles. The molecule has 1 aliphatic carbocycles. The van der Waals surface area contributed by atoms with Crippen LogP contribution in [-0.4, -0.2) is 23.4 Å². The molecular formula is C17H24N2O2.